The Balaban J connectivity index is 1.89. The molecule has 19 heavy (non-hydrogen) atoms. The molecule has 0 spiro atoms. The summed E-state index contributed by atoms with van der Waals surface area (Å²) in [5.74, 6) is 0.867. The van der Waals surface area contributed by atoms with Crippen LogP contribution in [-0.2, 0) is 0 Å². The van der Waals surface area contributed by atoms with Gasteiger partial charge in [-0.15, -0.1) is 0 Å². The lowest BCUT2D eigenvalue weighted by Gasteiger charge is -2.11. The van der Waals surface area contributed by atoms with Crippen LogP contribution in [0.15, 0.2) is 41.5 Å². The Labute approximate surface area is 113 Å². The lowest BCUT2D eigenvalue weighted by Crippen LogP contribution is -2.18. The maximum atomic E-state index is 11.9. The molecule has 0 bridgehead atoms. The van der Waals surface area contributed by atoms with Crippen LogP contribution in [0.25, 0.3) is 0 Å². The quantitative estimate of drug-likeness (QED) is 0.513. The van der Waals surface area contributed by atoms with E-state index in [1.807, 2.05) is 6.21 Å². The number of carbonyl (C=O) groups is 1. The van der Waals surface area contributed by atoms with Crippen LogP contribution >= 0.6 is 0 Å². The van der Waals surface area contributed by atoms with E-state index >= 15 is 0 Å². The number of hydrazone groups is 1. The minimum absolute atomic E-state index is 0.221. The van der Waals surface area contributed by atoms with Gasteiger partial charge >= 0.3 is 0 Å². The minimum Gasteiger partial charge on any atom is -0.497 e. The van der Waals surface area contributed by atoms with E-state index in [0.717, 1.165) is 19.3 Å². The van der Waals surface area contributed by atoms with E-state index in [9.17, 15) is 4.79 Å². The highest BCUT2D eigenvalue weighted by Gasteiger charge is 2.08. The van der Waals surface area contributed by atoms with E-state index in [0.29, 0.717) is 17.2 Å². The number of amides is 1. The number of allylic oxidation sites excluding steroid dienone is 2. The van der Waals surface area contributed by atoms with Crippen LogP contribution < -0.4 is 10.2 Å². The highest BCUT2D eigenvalue weighted by atomic mass is 16.5. The van der Waals surface area contributed by atoms with Gasteiger partial charge in [-0.2, -0.15) is 5.10 Å². The summed E-state index contributed by atoms with van der Waals surface area (Å²) in [6, 6.07) is 7.00. The van der Waals surface area contributed by atoms with Crippen LogP contribution in [0.3, 0.4) is 0 Å². The Morgan fingerprint density at radius 3 is 3.11 bits per heavy atom. The molecular formula is C15H18N2O2. The maximum Gasteiger partial charge on any atom is 0.271 e. The second-order valence-electron chi connectivity index (χ2n) is 4.50. The summed E-state index contributed by atoms with van der Waals surface area (Å²) in [4.78, 5) is 11.9. The fraction of sp³-hybridized carbons (Fsp3) is 0.333. The van der Waals surface area contributed by atoms with Gasteiger partial charge in [0.25, 0.3) is 5.91 Å². The third kappa shape index (κ3) is 3.95. The van der Waals surface area contributed by atoms with Crippen molar-refractivity contribution in [3.8, 4) is 5.75 Å². The number of carbonyl (C=O) groups excluding carboxylic acids is 1. The highest BCUT2D eigenvalue weighted by molar-refractivity contribution is 5.94. The average molecular weight is 258 g/mol. The zero-order chi connectivity index (χ0) is 13.5. The molecule has 0 saturated heterocycles. The topological polar surface area (TPSA) is 50.7 Å². The van der Waals surface area contributed by atoms with Crippen molar-refractivity contribution in [1.82, 2.24) is 5.43 Å². The first-order valence-electron chi connectivity index (χ1n) is 6.42. The van der Waals surface area contributed by atoms with Crippen molar-refractivity contribution < 1.29 is 9.53 Å². The molecule has 0 radical (unpaired) electrons. The van der Waals surface area contributed by atoms with Gasteiger partial charge in [-0.05, 0) is 43.4 Å². The average Bonchev–Trinajstić information content (AvgIpc) is 2.48. The largest absolute Gasteiger partial charge is 0.497 e. The fourth-order valence-electron chi connectivity index (χ4n) is 1.98. The fourth-order valence-corrected chi connectivity index (χ4v) is 1.98. The molecule has 1 atom stereocenters. The first kappa shape index (κ1) is 13.3. The van der Waals surface area contributed by atoms with Gasteiger partial charge in [0.05, 0.1) is 7.11 Å². The van der Waals surface area contributed by atoms with Crippen LogP contribution in [0, 0.1) is 5.92 Å². The van der Waals surface area contributed by atoms with Crippen LogP contribution in [0.2, 0.25) is 0 Å². The number of benzene rings is 1. The summed E-state index contributed by atoms with van der Waals surface area (Å²) in [5.41, 5.74) is 3.09. The van der Waals surface area contributed by atoms with Gasteiger partial charge in [0.15, 0.2) is 0 Å². The number of hydrogen-bond acceptors (Lipinski definition) is 3. The third-order valence-electron chi connectivity index (χ3n) is 3.09. The molecule has 2 rings (SSSR count). The lowest BCUT2D eigenvalue weighted by atomic mass is 9.96. The van der Waals surface area contributed by atoms with Crippen molar-refractivity contribution in [2.24, 2.45) is 11.0 Å². The van der Waals surface area contributed by atoms with E-state index in [4.69, 9.17) is 4.74 Å². The van der Waals surface area contributed by atoms with Crippen molar-refractivity contribution in [1.29, 1.82) is 0 Å². The van der Waals surface area contributed by atoms with Crippen molar-refractivity contribution in [3.63, 3.8) is 0 Å². The SMILES string of the molecule is COc1cccc(C(=O)N/N=C/C2CC=CCC2)c1. The van der Waals surface area contributed by atoms with E-state index in [2.05, 4.69) is 22.7 Å². The zero-order valence-corrected chi connectivity index (χ0v) is 11.0. The van der Waals surface area contributed by atoms with E-state index < -0.39 is 0 Å². The molecule has 0 fully saturated rings. The molecule has 1 aliphatic rings. The summed E-state index contributed by atoms with van der Waals surface area (Å²) in [6.45, 7) is 0. The van der Waals surface area contributed by atoms with Crippen molar-refractivity contribution in [2.75, 3.05) is 7.11 Å². The molecule has 0 heterocycles. The zero-order valence-electron chi connectivity index (χ0n) is 11.0. The first-order chi connectivity index (χ1) is 9.29. The smallest absolute Gasteiger partial charge is 0.271 e. The van der Waals surface area contributed by atoms with Crippen LogP contribution in [0.5, 0.6) is 5.75 Å². The number of rotatable bonds is 4. The molecule has 100 valence electrons. The summed E-state index contributed by atoms with van der Waals surface area (Å²) < 4.78 is 5.08. The predicted molar refractivity (Wildman–Crippen MR) is 75.4 cm³/mol. The molecule has 1 unspecified atom stereocenters. The number of ether oxygens (including phenoxy) is 1. The Hall–Kier alpha value is -2.10. The molecule has 0 aliphatic heterocycles. The van der Waals surface area contributed by atoms with Crippen LogP contribution in [0.1, 0.15) is 29.6 Å². The van der Waals surface area contributed by atoms with Gasteiger partial charge < -0.3 is 4.74 Å². The summed E-state index contributed by atoms with van der Waals surface area (Å²) in [7, 11) is 1.58. The van der Waals surface area contributed by atoms with E-state index in [-0.39, 0.29) is 5.91 Å². The van der Waals surface area contributed by atoms with Gasteiger partial charge in [0.2, 0.25) is 0 Å². The van der Waals surface area contributed by atoms with Crippen molar-refractivity contribution >= 4 is 12.1 Å². The summed E-state index contributed by atoms with van der Waals surface area (Å²) in [5, 5.41) is 4.03. The van der Waals surface area contributed by atoms with Gasteiger partial charge in [-0.3, -0.25) is 4.79 Å². The van der Waals surface area contributed by atoms with Crippen molar-refractivity contribution in [2.45, 2.75) is 19.3 Å². The number of nitrogens with zero attached hydrogens (tertiary/aromatic N) is 1. The predicted octanol–water partition coefficient (Wildman–Crippen LogP) is 2.77. The molecule has 0 aromatic heterocycles. The molecule has 1 aromatic rings. The van der Waals surface area contributed by atoms with Gasteiger partial charge in [-0.1, -0.05) is 18.2 Å². The number of methoxy groups -OCH3 is 1. The lowest BCUT2D eigenvalue weighted by molar-refractivity contribution is 0.0954. The van der Waals surface area contributed by atoms with Gasteiger partial charge in [-0.25, -0.2) is 5.43 Å². The molecule has 0 saturated carbocycles. The molecule has 1 aliphatic carbocycles. The van der Waals surface area contributed by atoms with Crippen LogP contribution in [-0.4, -0.2) is 19.2 Å². The van der Waals surface area contributed by atoms with Gasteiger partial charge in [0.1, 0.15) is 5.75 Å². The summed E-state index contributed by atoms with van der Waals surface area (Å²) >= 11 is 0. The van der Waals surface area contributed by atoms with E-state index in [1.165, 1.54) is 0 Å². The molecule has 1 amide bonds. The maximum absolute atomic E-state index is 11.9. The number of hydrogen-bond donors (Lipinski definition) is 1. The molecule has 4 nitrogen and oxygen atoms in total. The van der Waals surface area contributed by atoms with Crippen molar-refractivity contribution in [3.05, 3.63) is 42.0 Å². The number of nitrogens with one attached hydrogen (secondary N) is 1. The standard InChI is InChI=1S/C15H18N2O2/c1-19-14-9-5-8-13(10-14)15(18)17-16-11-12-6-3-2-4-7-12/h2-3,5,8-12H,4,6-7H2,1H3,(H,17,18)/b16-11+. The third-order valence-corrected chi connectivity index (χ3v) is 3.09. The minimum atomic E-state index is -0.221. The van der Waals surface area contributed by atoms with Gasteiger partial charge in [0, 0.05) is 11.8 Å². The Morgan fingerprint density at radius 2 is 2.37 bits per heavy atom. The first-order valence-corrected chi connectivity index (χ1v) is 6.42. The monoisotopic (exact) mass is 258 g/mol. The molecule has 1 aromatic carbocycles. The van der Waals surface area contributed by atoms with E-state index in [1.54, 1.807) is 31.4 Å². The molecule has 1 N–H and O–H groups in total. The summed E-state index contributed by atoms with van der Waals surface area (Å²) in [6.07, 6.45) is 9.33. The molecular weight excluding hydrogens is 240 g/mol. The second kappa shape index (κ2) is 6.73. The Morgan fingerprint density at radius 1 is 1.47 bits per heavy atom. The Kier molecular flexibility index (Phi) is 4.72. The Bertz CT molecular complexity index is 495. The second-order valence-corrected chi connectivity index (χ2v) is 4.50. The normalized spacial score (nSPS) is 18.5. The molecule has 4 heteroatoms. The van der Waals surface area contributed by atoms with Crippen LogP contribution in [0.4, 0.5) is 0 Å². The highest BCUT2D eigenvalue weighted by Crippen LogP contribution is 2.15.